The van der Waals surface area contributed by atoms with E-state index in [0.717, 1.165) is 5.56 Å². The zero-order valence-electron chi connectivity index (χ0n) is 12.5. The standard InChI is InChI=1S/C16H13N3O4S/c20-19(21)13-8-4-5-9-14(13)22-10-11-24-16-18-17-15(23-16)12-6-2-1-3-7-12/h1-9H,10-11H2. The molecule has 1 heterocycles. The molecule has 2 aromatic carbocycles. The van der Waals surface area contributed by atoms with E-state index in [4.69, 9.17) is 9.15 Å². The number of hydrogen-bond acceptors (Lipinski definition) is 7. The second kappa shape index (κ2) is 7.60. The van der Waals surface area contributed by atoms with Gasteiger partial charge in [0.15, 0.2) is 5.75 Å². The number of rotatable bonds is 7. The summed E-state index contributed by atoms with van der Waals surface area (Å²) >= 11 is 1.33. The summed E-state index contributed by atoms with van der Waals surface area (Å²) in [6, 6.07) is 15.8. The molecule has 0 aliphatic carbocycles. The van der Waals surface area contributed by atoms with Gasteiger partial charge < -0.3 is 9.15 Å². The van der Waals surface area contributed by atoms with E-state index in [1.165, 1.54) is 17.8 Å². The van der Waals surface area contributed by atoms with Crippen LogP contribution in [0.15, 0.2) is 64.2 Å². The Morgan fingerprint density at radius 1 is 1.08 bits per heavy atom. The Kier molecular flexibility index (Phi) is 5.07. The number of thioether (sulfide) groups is 1. The number of nitrogens with zero attached hydrogens (tertiary/aromatic N) is 3. The summed E-state index contributed by atoms with van der Waals surface area (Å²) in [5.41, 5.74) is 0.805. The normalized spacial score (nSPS) is 10.5. The van der Waals surface area contributed by atoms with Gasteiger partial charge in [0.25, 0.3) is 5.22 Å². The molecule has 0 spiro atoms. The summed E-state index contributed by atoms with van der Waals surface area (Å²) in [6.45, 7) is 0.290. The molecule has 0 unspecified atom stereocenters. The molecule has 3 rings (SSSR count). The van der Waals surface area contributed by atoms with Crippen molar-refractivity contribution in [2.45, 2.75) is 5.22 Å². The zero-order valence-corrected chi connectivity index (χ0v) is 13.3. The molecule has 1 aromatic heterocycles. The molecule has 0 atom stereocenters. The second-order valence-corrected chi connectivity index (χ2v) is 5.71. The molecule has 3 aromatic rings. The minimum Gasteiger partial charge on any atom is -0.486 e. The van der Waals surface area contributed by atoms with Gasteiger partial charge >= 0.3 is 5.69 Å². The van der Waals surface area contributed by atoms with Crippen molar-refractivity contribution >= 4 is 17.4 Å². The minimum absolute atomic E-state index is 0.0494. The molecule has 0 bridgehead atoms. The van der Waals surface area contributed by atoms with Gasteiger partial charge in [-0.15, -0.1) is 10.2 Å². The van der Waals surface area contributed by atoms with Gasteiger partial charge in [0.05, 0.1) is 11.5 Å². The van der Waals surface area contributed by atoms with Crippen LogP contribution in [0, 0.1) is 10.1 Å². The summed E-state index contributed by atoms with van der Waals surface area (Å²) in [4.78, 5) is 10.4. The zero-order chi connectivity index (χ0) is 16.8. The molecule has 7 nitrogen and oxygen atoms in total. The van der Waals surface area contributed by atoms with E-state index in [0.29, 0.717) is 23.5 Å². The molecule has 0 saturated heterocycles. The van der Waals surface area contributed by atoms with Gasteiger partial charge in [0.1, 0.15) is 0 Å². The van der Waals surface area contributed by atoms with Crippen molar-refractivity contribution < 1.29 is 14.1 Å². The Labute approximate surface area is 141 Å². The molecule has 24 heavy (non-hydrogen) atoms. The topological polar surface area (TPSA) is 91.3 Å². The molecule has 8 heteroatoms. The Bertz CT molecular complexity index is 823. The Hall–Kier alpha value is -2.87. The first-order valence-corrected chi connectivity index (χ1v) is 8.10. The van der Waals surface area contributed by atoms with Gasteiger partial charge in [0.2, 0.25) is 5.89 Å². The number of hydrogen-bond donors (Lipinski definition) is 0. The first kappa shape index (κ1) is 16.0. The lowest BCUT2D eigenvalue weighted by Gasteiger charge is -2.05. The van der Waals surface area contributed by atoms with Crippen LogP contribution in [0.4, 0.5) is 5.69 Å². The molecule has 0 aliphatic rings. The predicted molar refractivity (Wildman–Crippen MR) is 89.0 cm³/mol. The van der Waals surface area contributed by atoms with E-state index >= 15 is 0 Å². The average molecular weight is 343 g/mol. The van der Waals surface area contributed by atoms with E-state index in [-0.39, 0.29) is 11.4 Å². The quantitative estimate of drug-likeness (QED) is 0.279. The Morgan fingerprint density at radius 2 is 1.83 bits per heavy atom. The third-order valence-corrected chi connectivity index (χ3v) is 3.84. The maximum absolute atomic E-state index is 10.9. The number of aromatic nitrogens is 2. The predicted octanol–water partition coefficient (Wildman–Crippen LogP) is 3.82. The van der Waals surface area contributed by atoms with Gasteiger partial charge in [-0.3, -0.25) is 10.1 Å². The van der Waals surface area contributed by atoms with Crippen molar-refractivity contribution in [2.75, 3.05) is 12.4 Å². The van der Waals surface area contributed by atoms with Crippen LogP contribution in [0.25, 0.3) is 11.5 Å². The maximum atomic E-state index is 10.9. The summed E-state index contributed by atoms with van der Waals surface area (Å²) in [5, 5.41) is 19.3. The molecule has 122 valence electrons. The molecular formula is C16H13N3O4S. The fourth-order valence-corrected chi connectivity index (χ4v) is 2.55. The van der Waals surface area contributed by atoms with Crippen molar-refractivity contribution in [3.63, 3.8) is 0 Å². The van der Waals surface area contributed by atoms with Gasteiger partial charge in [-0.1, -0.05) is 42.1 Å². The average Bonchev–Trinajstić information content (AvgIpc) is 3.09. The van der Waals surface area contributed by atoms with Crippen LogP contribution in [0.5, 0.6) is 5.75 Å². The number of nitro benzene ring substituents is 1. The number of benzene rings is 2. The maximum Gasteiger partial charge on any atom is 0.310 e. The third-order valence-electron chi connectivity index (χ3n) is 3.06. The largest absolute Gasteiger partial charge is 0.486 e. The fourth-order valence-electron chi connectivity index (χ4n) is 1.98. The SMILES string of the molecule is O=[N+]([O-])c1ccccc1OCCSc1nnc(-c2ccccc2)o1. The van der Waals surface area contributed by atoms with Crippen molar-refractivity contribution in [2.24, 2.45) is 0 Å². The lowest BCUT2D eigenvalue weighted by atomic mass is 10.2. The summed E-state index contributed by atoms with van der Waals surface area (Å²) in [6.07, 6.45) is 0. The van der Waals surface area contributed by atoms with Crippen LogP contribution in [0.3, 0.4) is 0 Å². The van der Waals surface area contributed by atoms with Crippen LogP contribution in [0.2, 0.25) is 0 Å². The molecule has 0 aliphatic heterocycles. The minimum atomic E-state index is -0.466. The van der Waals surface area contributed by atoms with E-state index in [2.05, 4.69) is 10.2 Å². The summed E-state index contributed by atoms with van der Waals surface area (Å²) in [7, 11) is 0. The molecular weight excluding hydrogens is 330 g/mol. The lowest BCUT2D eigenvalue weighted by molar-refractivity contribution is -0.385. The summed E-state index contributed by atoms with van der Waals surface area (Å²) < 4.78 is 11.0. The molecule has 0 amide bonds. The Balaban J connectivity index is 1.53. The van der Waals surface area contributed by atoms with Gasteiger partial charge in [-0.05, 0) is 18.2 Å². The van der Waals surface area contributed by atoms with E-state index in [9.17, 15) is 10.1 Å². The third kappa shape index (κ3) is 3.90. The number of ether oxygens (including phenoxy) is 1. The summed E-state index contributed by atoms with van der Waals surface area (Å²) in [5.74, 6) is 1.24. The molecule has 0 saturated carbocycles. The van der Waals surface area contributed by atoms with Crippen molar-refractivity contribution in [3.8, 4) is 17.2 Å². The first-order valence-electron chi connectivity index (χ1n) is 7.12. The van der Waals surface area contributed by atoms with Crippen molar-refractivity contribution in [3.05, 3.63) is 64.7 Å². The highest BCUT2D eigenvalue weighted by molar-refractivity contribution is 7.99. The van der Waals surface area contributed by atoms with Crippen molar-refractivity contribution in [1.82, 2.24) is 10.2 Å². The van der Waals surface area contributed by atoms with E-state index in [1.54, 1.807) is 18.2 Å². The lowest BCUT2D eigenvalue weighted by Crippen LogP contribution is -2.02. The highest BCUT2D eigenvalue weighted by atomic mass is 32.2. The van der Waals surface area contributed by atoms with E-state index < -0.39 is 4.92 Å². The monoisotopic (exact) mass is 343 g/mol. The molecule has 0 fully saturated rings. The Morgan fingerprint density at radius 3 is 2.62 bits per heavy atom. The fraction of sp³-hybridized carbons (Fsp3) is 0.125. The van der Waals surface area contributed by atoms with Gasteiger partial charge in [0, 0.05) is 17.4 Å². The van der Waals surface area contributed by atoms with Crippen molar-refractivity contribution in [1.29, 1.82) is 0 Å². The van der Waals surface area contributed by atoms with Gasteiger partial charge in [-0.25, -0.2) is 0 Å². The highest BCUT2D eigenvalue weighted by Crippen LogP contribution is 2.27. The van der Waals surface area contributed by atoms with Crippen LogP contribution in [-0.4, -0.2) is 27.5 Å². The van der Waals surface area contributed by atoms with Gasteiger partial charge in [-0.2, -0.15) is 0 Å². The first-order chi connectivity index (χ1) is 11.7. The smallest absolute Gasteiger partial charge is 0.310 e. The number of para-hydroxylation sites is 2. The molecule has 0 N–H and O–H groups in total. The van der Waals surface area contributed by atoms with Crippen LogP contribution in [0.1, 0.15) is 0 Å². The molecule has 0 radical (unpaired) electrons. The second-order valence-electron chi connectivity index (χ2n) is 4.66. The van der Waals surface area contributed by atoms with Crippen LogP contribution >= 0.6 is 11.8 Å². The highest BCUT2D eigenvalue weighted by Gasteiger charge is 2.14. The number of nitro groups is 1. The van der Waals surface area contributed by atoms with Crippen LogP contribution in [-0.2, 0) is 0 Å². The van der Waals surface area contributed by atoms with Crippen LogP contribution < -0.4 is 4.74 Å². The van der Waals surface area contributed by atoms with E-state index in [1.807, 2.05) is 30.3 Å².